The van der Waals surface area contributed by atoms with Gasteiger partial charge in [0.1, 0.15) is 0 Å². The van der Waals surface area contributed by atoms with E-state index in [0.717, 1.165) is 32.2 Å². The molecule has 0 aliphatic carbocycles. The standard InChI is InChI=1S/C18H22F3N5O/c19-18(20,21)15-3-1-2-4-16(15)23-17(27)13-25-10-7-24(8-11-25)9-12-26-6-5-22-14-26/h1-6,14H,7-13H2,(H,23,27). The molecular weight excluding hydrogens is 359 g/mol. The predicted octanol–water partition coefficient (Wildman–Crippen LogP) is 2.16. The summed E-state index contributed by atoms with van der Waals surface area (Å²) in [5.74, 6) is -0.432. The molecule has 1 aliphatic heterocycles. The van der Waals surface area contributed by atoms with Crippen LogP contribution < -0.4 is 5.32 Å². The van der Waals surface area contributed by atoms with Gasteiger partial charge in [0.15, 0.2) is 0 Å². The quantitative estimate of drug-likeness (QED) is 0.833. The lowest BCUT2D eigenvalue weighted by molar-refractivity contribution is -0.137. The van der Waals surface area contributed by atoms with Crippen LogP contribution in [0.2, 0.25) is 0 Å². The average molecular weight is 381 g/mol. The van der Waals surface area contributed by atoms with Gasteiger partial charge in [-0.1, -0.05) is 12.1 Å². The summed E-state index contributed by atoms with van der Waals surface area (Å²) in [7, 11) is 0. The Morgan fingerprint density at radius 2 is 1.78 bits per heavy atom. The van der Waals surface area contributed by atoms with Gasteiger partial charge in [0, 0.05) is 51.7 Å². The fourth-order valence-corrected chi connectivity index (χ4v) is 3.08. The number of anilines is 1. The second-order valence-electron chi connectivity index (χ2n) is 6.51. The lowest BCUT2D eigenvalue weighted by Crippen LogP contribution is -2.49. The average Bonchev–Trinajstić information content (AvgIpc) is 3.14. The number of hydrogen-bond acceptors (Lipinski definition) is 4. The molecule has 27 heavy (non-hydrogen) atoms. The van der Waals surface area contributed by atoms with Gasteiger partial charge in [0.05, 0.1) is 24.1 Å². The van der Waals surface area contributed by atoms with Gasteiger partial charge in [-0.3, -0.25) is 14.6 Å². The molecule has 3 rings (SSSR count). The van der Waals surface area contributed by atoms with Crippen molar-refractivity contribution in [3.63, 3.8) is 0 Å². The second-order valence-corrected chi connectivity index (χ2v) is 6.51. The van der Waals surface area contributed by atoms with Gasteiger partial charge in [-0.2, -0.15) is 13.2 Å². The van der Waals surface area contributed by atoms with Crippen molar-refractivity contribution in [2.45, 2.75) is 12.7 Å². The van der Waals surface area contributed by atoms with E-state index in [1.807, 2.05) is 15.7 Å². The third-order valence-corrected chi connectivity index (χ3v) is 4.57. The Morgan fingerprint density at radius 3 is 2.44 bits per heavy atom. The van der Waals surface area contributed by atoms with Crippen LogP contribution in [0.3, 0.4) is 0 Å². The number of carbonyl (C=O) groups is 1. The molecule has 1 aliphatic rings. The van der Waals surface area contributed by atoms with Gasteiger partial charge in [-0.05, 0) is 12.1 Å². The molecule has 146 valence electrons. The van der Waals surface area contributed by atoms with Crippen molar-refractivity contribution in [1.82, 2.24) is 19.4 Å². The Kier molecular flexibility index (Phi) is 6.12. The molecule has 0 spiro atoms. The third-order valence-electron chi connectivity index (χ3n) is 4.57. The summed E-state index contributed by atoms with van der Waals surface area (Å²) in [6, 6.07) is 5.02. The van der Waals surface area contributed by atoms with E-state index in [0.29, 0.717) is 13.1 Å². The predicted molar refractivity (Wildman–Crippen MR) is 95.2 cm³/mol. The minimum atomic E-state index is -4.50. The molecule has 0 bridgehead atoms. The van der Waals surface area contributed by atoms with Crippen molar-refractivity contribution in [2.75, 3.05) is 44.6 Å². The third kappa shape index (κ3) is 5.54. The zero-order valence-corrected chi connectivity index (χ0v) is 14.8. The van der Waals surface area contributed by atoms with Gasteiger partial charge in [0.25, 0.3) is 0 Å². The highest BCUT2D eigenvalue weighted by molar-refractivity contribution is 5.93. The normalized spacial score (nSPS) is 16.4. The minimum Gasteiger partial charge on any atom is -0.336 e. The van der Waals surface area contributed by atoms with Crippen LogP contribution in [0.25, 0.3) is 0 Å². The van der Waals surface area contributed by atoms with E-state index in [4.69, 9.17) is 0 Å². The van der Waals surface area contributed by atoms with Crippen molar-refractivity contribution in [3.05, 3.63) is 48.5 Å². The number of piperazine rings is 1. The molecule has 1 N–H and O–H groups in total. The van der Waals surface area contributed by atoms with E-state index >= 15 is 0 Å². The lowest BCUT2D eigenvalue weighted by Gasteiger charge is -2.34. The maximum Gasteiger partial charge on any atom is 0.418 e. The van der Waals surface area contributed by atoms with Crippen LogP contribution in [0.4, 0.5) is 18.9 Å². The first-order chi connectivity index (χ1) is 12.9. The molecule has 6 nitrogen and oxygen atoms in total. The van der Waals surface area contributed by atoms with Crippen molar-refractivity contribution < 1.29 is 18.0 Å². The number of imidazole rings is 1. The van der Waals surface area contributed by atoms with Crippen LogP contribution in [-0.2, 0) is 17.5 Å². The van der Waals surface area contributed by atoms with Crippen LogP contribution >= 0.6 is 0 Å². The van der Waals surface area contributed by atoms with Crippen LogP contribution in [-0.4, -0.2) is 64.5 Å². The molecule has 1 aromatic carbocycles. The molecule has 0 unspecified atom stereocenters. The van der Waals surface area contributed by atoms with Gasteiger partial charge >= 0.3 is 6.18 Å². The van der Waals surface area contributed by atoms with Crippen LogP contribution in [0.5, 0.6) is 0 Å². The number of amides is 1. The highest BCUT2D eigenvalue weighted by Gasteiger charge is 2.33. The molecule has 0 radical (unpaired) electrons. The van der Waals surface area contributed by atoms with Gasteiger partial charge in [0.2, 0.25) is 5.91 Å². The molecule has 1 fully saturated rings. The zero-order chi connectivity index (χ0) is 19.3. The van der Waals surface area contributed by atoms with E-state index in [-0.39, 0.29) is 12.2 Å². The lowest BCUT2D eigenvalue weighted by atomic mass is 10.1. The number of rotatable bonds is 6. The smallest absolute Gasteiger partial charge is 0.336 e. The number of halogens is 3. The van der Waals surface area contributed by atoms with Crippen molar-refractivity contribution in [1.29, 1.82) is 0 Å². The molecular formula is C18H22F3N5O. The summed E-state index contributed by atoms with van der Waals surface area (Å²) >= 11 is 0. The highest BCUT2D eigenvalue weighted by Crippen LogP contribution is 2.34. The van der Waals surface area contributed by atoms with Crippen molar-refractivity contribution in [3.8, 4) is 0 Å². The van der Waals surface area contributed by atoms with Crippen LogP contribution in [0.1, 0.15) is 5.56 Å². The number of carbonyl (C=O) groups excluding carboxylic acids is 1. The summed E-state index contributed by atoms with van der Waals surface area (Å²) < 4.78 is 41.0. The number of aromatic nitrogens is 2. The Labute approximate surface area is 155 Å². The topological polar surface area (TPSA) is 53.4 Å². The Bertz CT molecular complexity index is 740. The first-order valence-corrected chi connectivity index (χ1v) is 8.78. The van der Waals surface area contributed by atoms with Gasteiger partial charge in [-0.25, -0.2) is 4.98 Å². The first-order valence-electron chi connectivity index (χ1n) is 8.78. The Hall–Kier alpha value is -2.39. The van der Waals surface area contributed by atoms with Crippen molar-refractivity contribution >= 4 is 11.6 Å². The molecule has 0 saturated carbocycles. The maximum atomic E-state index is 13.0. The molecule has 2 heterocycles. The van der Waals surface area contributed by atoms with Crippen LogP contribution in [0.15, 0.2) is 43.0 Å². The molecule has 1 amide bonds. The number of alkyl halides is 3. The summed E-state index contributed by atoms with van der Waals surface area (Å²) in [6.45, 7) is 4.89. The van der Waals surface area contributed by atoms with E-state index in [9.17, 15) is 18.0 Å². The number of para-hydroxylation sites is 1. The highest BCUT2D eigenvalue weighted by atomic mass is 19.4. The Morgan fingerprint density at radius 1 is 1.07 bits per heavy atom. The maximum absolute atomic E-state index is 13.0. The number of hydrogen-bond donors (Lipinski definition) is 1. The second kappa shape index (κ2) is 8.53. The summed E-state index contributed by atoms with van der Waals surface area (Å²) in [5.41, 5.74) is -1.03. The number of nitrogens with one attached hydrogen (secondary N) is 1. The van der Waals surface area contributed by atoms with Gasteiger partial charge < -0.3 is 9.88 Å². The van der Waals surface area contributed by atoms with Crippen LogP contribution in [0, 0.1) is 0 Å². The molecule has 2 aromatic rings. The Balaban J connectivity index is 1.45. The number of benzene rings is 1. The van der Waals surface area contributed by atoms with E-state index < -0.39 is 17.6 Å². The van der Waals surface area contributed by atoms with E-state index in [1.165, 1.54) is 18.2 Å². The first kappa shape index (κ1) is 19.4. The summed E-state index contributed by atoms with van der Waals surface area (Å²) in [5, 5.41) is 2.39. The minimum absolute atomic E-state index is 0.0849. The monoisotopic (exact) mass is 381 g/mol. The molecule has 9 heteroatoms. The van der Waals surface area contributed by atoms with E-state index in [2.05, 4.69) is 15.2 Å². The fourth-order valence-electron chi connectivity index (χ4n) is 3.08. The largest absolute Gasteiger partial charge is 0.418 e. The fraction of sp³-hybridized carbons (Fsp3) is 0.444. The molecule has 1 aromatic heterocycles. The van der Waals surface area contributed by atoms with Gasteiger partial charge in [-0.15, -0.1) is 0 Å². The van der Waals surface area contributed by atoms with E-state index in [1.54, 1.807) is 12.5 Å². The molecule has 1 saturated heterocycles. The number of nitrogens with zero attached hydrogens (tertiary/aromatic N) is 4. The zero-order valence-electron chi connectivity index (χ0n) is 14.8. The summed E-state index contributed by atoms with van der Waals surface area (Å²) in [6.07, 6.45) is 0.941. The summed E-state index contributed by atoms with van der Waals surface area (Å²) in [4.78, 5) is 20.4. The SMILES string of the molecule is O=C(CN1CCN(CCn2ccnc2)CC1)Nc1ccccc1C(F)(F)F. The molecule has 0 atom stereocenters. The van der Waals surface area contributed by atoms with Crippen molar-refractivity contribution in [2.24, 2.45) is 0 Å².